The molecule has 3 aromatic carbocycles. The highest BCUT2D eigenvalue weighted by Crippen LogP contribution is 2.51. The lowest BCUT2D eigenvalue weighted by Gasteiger charge is -2.38. The second-order valence-corrected chi connectivity index (χ2v) is 7.21. The summed E-state index contributed by atoms with van der Waals surface area (Å²) in [6.45, 7) is 7.52. The van der Waals surface area contributed by atoms with Gasteiger partial charge in [-0.1, -0.05) is 66.7 Å². The number of rotatable bonds is 3. The van der Waals surface area contributed by atoms with Crippen molar-refractivity contribution in [3.8, 4) is 0 Å². The first kappa shape index (κ1) is 19.2. The Morgan fingerprint density at radius 1 is 0.519 bits per heavy atom. The molecule has 3 rings (SSSR count). The fraction of sp³-hybridized carbons (Fsp3) is 0.250. The number of hydrogen-bond acceptors (Lipinski definition) is 0. The number of halogens is 3. The second-order valence-electron chi connectivity index (χ2n) is 7.21. The van der Waals surface area contributed by atoms with Gasteiger partial charge in [-0.3, -0.25) is 0 Å². The van der Waals surface area contributed by atoms with Crippen molar-refractivity contribution in [3.63, 3.8) is 0 Å². The summed E-state index contributed by atoms with van der Waals surface area (Å²) >= 11 is 0. The SMILES string of the molecule is Cc1ccc(C(c2ccccc2)(c2ccc(C)c(C)c2)C(F)(F)F)cc1C. The Morgan fingerprint density at radius 2 is 0.963 bits per heavy atom. The Kier molecular flexibility index (Phi) is 4.90. The molecule has 3 heteroatoms. The van der Waals surface area contributed by atoms with Gasteiger partial charge in [0, 0.05) is 0 Å². The minimum Gasteiger partial charge on any atom is -0.169 e. The quantitative estimate of drug-likeness (QED) is 0.445. The van der Waals surface area contributed by atoms with Gasteiger partial charge >= 0.3 is 6.18 Å². The summed E-state index contributed by atoms with van der Waals surface area (Å²) in [6, 6.07) is 18.3. The summed E-state index contributed by atoms with van der Waals surface area (Å²) in [7, 11) is 0. The maximum Gasteiger partial charge on any atom is 0.406 e. The third-order valence-corrected chi connectivity index (χ3v) is 5.51. The average Bonchev–Trinajstić information content (AvgIpc) is 2.61. The van der Waals surface area contributed by atoms with Gasteiger partial charge in [-0.25, -0.2) is 0 Å². The highest BCUT2D eigenvalue weighted by molar-refractivity contribution is 5.55. The topological polar surface area (TPSA) is 0 Å². The van der Waals surface area contributed by atoms with Crippen molar-refractivity contribution in [3.05, 3.63) is 106 Å². The molecule has 3 aromatic rings. The largest absolute Gasteiger partial charge is 0.406 e. The molecule has 0 amide bonds. The highest BCUT2D eigenvalue weighted by atomic mass is 19.4. The van der Waals surface area contributed by atoms with E-state index in [1.54, 1.807) is 66.7 Å². The molecule has 0 bridgehead atoms. The van der Waals surface area contributed by atoms with E-state index in [1.807, 2.05) is 27.7 Å². The van der Waals surface area contributed by atoms with Gasteiger partial charge in [0.05, 0.1) is 0 Å². The molecule has 0 atom stereocenters. The Morgan fingerprint density at radius 3 is 1.33 bits per heavy atom. The smallest absolute Gasteiger partial charge is 0.169 e. The minimum atomic E-state index is -4.50. The zero-order chi connectivity index (χ0) is 19.8. The lowest BCUT2D eigenvalue weighted by Crippen LogP contribution is -2.44. The Hall–Kier alpha value is -2.55. The first-order chi connectivity index (χ1) is 12.7. The van der Waals surface area contributed by atoms with Crippen LogP contribution in [-0.4, -0.2) is 6.18 Å². The van der Waals surface area contributed by atoms with Crippen LogP contribution in [0.2, 0.25) is 0 Å². The molecule has 27 heavy (non-hydrogen) atoms. The van der Waals surface area contributed by atoms with Crippen molar-refractivity contribution in [2.24, 2.45) is 0 Å². The molecule has 0 fully saturated rings. The van der Waals surface area contributed by atoms with E-state index in [2.05, 4.69) is 0 Å². The van der Waals surface area contributed by atoms with E-state index in [4.69, 9.17) is 0 Å². The lowest BCUT2D eigenvalue weighted by molar-refractivity contribution is -0.166. The molecular formula is C24H23F3. The third kappa shape index (κ3) is 3.16. The average molecular weight is 368 g/mol. The van der Waals surface area contributed by atoms with E-state index < -0.39 is 11.6 Å². The van der Waals surface area contributed by atoms with E-state index >= 15 is 0 Å². The summed E-state index contributed by atoms with van der Waals surface area (Å²) in [5, 5.41) is 0. The van der Waals surface area contributed by atoms with Gasteiger partial charge < -0.3 is 0 Å². The van der Waals surface area contributed by atoms with Gasteiger partial charge in [0.25, 0.3) is 0 Å². The predicted molar refractivity (Wildman–Crippen MR) is 104 cm³/mol. The van der Waals surface area contributed by atoms with E-state index in [1.165, 1.54) is 0 Å². The molecule has 0 aliphatic carbocycles. The van der Waals surface area contributed by atoms with Gasteiger partial charge in [0.1, 0.15) is 5.41 Å². The maximum absolute atomic E-state index is 14.9. The third-order valence-electron chi connectivity index (χ3n) is 5.51. The van der Waals surface area contributed by atoms with E-state index in [9.17, 15) is 13.2 Å². The molecule has 0 heterocycles. The second kappa shape index (κ2) is 6.88. The molecule has 140 valence electrons. The van der Waals surface area contributed by atoms with Crippen molar-refractivity contribution in [1.29, 1.82) is 0 Å². The molecule has 0 nitrogen and oxygen atoms in total. The van der Waals surface area contributed by atoms with Crippen LogP contribution >= 0.6 is 0 Å². The molecule has 0 unspecified atom stereocenters. The first-order valence-corrected chi connectivity index (χ1v) is 8.95. The highest BCUT2D eigenvalue weighted by Gasteiger charge is 2.58. The van der Waals surface area contributed by atoms with Gasteiger partial charge in [-0.2, -0.15) is 13.2 Å². The Labute approximate surface area is 158 Å². The normalized spacial score (nSPS) is 12.3. The number of benzene rings is 3. The molecule has 0 aromatic heterocycles. The monoisotopic (exact) mass is 368 g/mol. The van der Waals surface area contributed by atoms with Crippen molar-refractivity contribution in [2.45, 2.75) is 39.3 Å². The first-order valence-electron chi connectivity index (χ1n) is 8.95. The van der Waals surface area contributed by atoms with Crippen LogP contribution in [0.25, 0.3) is 0 Å². The van der Waals surface area contributed by atoms with Gasteiger partial charge in [-0.15, -0.1) is 0 Å². The van der Waals surface area contributed by atoms with E-state index in [0.29, 0.717) is 0 Å². The van der Waals surface area contributed by atoms with Crippen LogP contribution in [0.4, 0.5) is 13.2 Å². The number of hydrogen-bond donors (Lipinski definition) is 0. The summed E-state index contributed by atoms with van der Waals surface area (Å²) in [6.07, 6.45) is -4.50. The summed E-state index contributed by atoms with van der Waals surface area (Å²) in [5.74, 6) is 0. The van der Waals surface area contributed by atoms with Crippen molar-refractivity contribution in [1.82, 2.24) is 0 Å². The molecule has 0 saturated heterocycles. The van der Waals surface area contributed by atoms with Crippen LogP contribution in [-0.2, 0) is 5.41 Å². The molecular weight excluding hydrogens is 345 g/mol. The molecule has 0 aliphatic heterocycles. The fourth-order valence-corrected chi connectivity index (χ4v) is 3.63. The summed E-state index contributed by atoms with van der Waals surface area (Å²) in [5.41, 5.74) is 2.14. The number of alkyl halides is 3. The van der Waals surface area contributed by atoms with Crippen LogP contribution in [0, 0.1) is 27.7 Å². The van der Waals surface area contributed by atoms with Gasteiger partial charge in [0.2, 0.25) is 0 Å². The Balaban J connectivity index is 2.46. The zero-order valence-corrected chi connectivity index (χ0v) is 16.0. The van der Waals surface area contributed by atoms with Crippen LogP contribution in [0.5, 0.6) is 0 Å². The van der Waals surface area contributed by atoms with Crippen LogP contribution < -0.4 is 0 Å². The maximum atomic E-state index is 14.9. The predicted octanol–water partition coefficient (Wildman–Crippen LogP) is 6.82. The van der Waals surface area contributed by atoms with Crippen molar-refractivity contribution >= 4 is 0 Å². The van der Waals surface area contributed by atoms with Gasteiger partial charge in [0.15, 0.2) is 0 Å². The van der Waals surface area contributed by atoms with Crippen molar-refractivity contribution < 1.29 is 13.2 Å². The number of aryl methyl sites for hydroxylation is 4. The lowest BCUT2D eigenvalue weighted by atomic mass is 9.68. The Bertz CT molecular complexity index is 902. The van der Waals surface area contributed by atoms with Crippen LogP contribution in [0.15, 0.2) is 66.7 Å². The standard InChI is InChI=1S/C24H23F3/c1-16-10-12-21(14-18(16)3)23(24(25,26)27,20-8-6-5-7-9-20)22-13-11-17(2)19(4)15-22/h5-15H,1-4H3. The molecule has 0 spiro atoms. The van der Waals surface area contributed by atoms with Gasteiger partial charge in [-0.05, 0) is 66.6 Å². The van der Waals surface area contributed by atoms with E-state index in [-0.39, 0.29) is 16.7 Å². The fourth-order valence-electron chi connectivity index (χ4n) is 3.63. The summed E-state index contributed by atoms with van der Waals surface area (Å²) < 4.78 is 44.7. The molecule has 0 N–H and O–H groups in total. The minimum absolute atomic E-state index is 0.226. The molecule has 0 aliphatic rings. The van der Waals surface area contributed by atoms with Crippen LogP contribution in [0.3, 0.4) is 0 Å². The summed E-state index contributed by atoms with van der Waals surface area (Å²) in [4.78, 5) is 0. The molecule has 0 radical (unpaired) electrons. The van der Waals surface area contributed by atoms with Crippen molar-refractivity contribution in [2.75, 3.05) is 0 Å². The van der Waals surface area contributed by atoms with Crippen LogP contribution in [0.1, 0.15) is 38.9 Å². The van der Waals surface area contributed by atoms with E-state index in [0.717, 1.165) is 22.3 Å². The molecule has 0 saturated carbocycles. The zero-order valence-electron chi connectivity index (χ0n) is 16.0.